The number of aromatic nitrogens is 1. The summed E-state index contributed by atoms with van der Waals surface area (Å²) in [4.78, 5) is 4.54. The lowest BCUT2D eigenvalue weighted by atomic mass is 10.1. The van der Waals surface area contributed by atoms with Crippen molar-refractivity contribution in [3.8, 4) is 5.75 Å². The summed E-state index contributed by atoms with van der Waals surface area (Å²) in [5.41, 5.74) is 3.44. The van der Waals surface area contributed by atoms with Crippen molar-refractivity contribution < 1.29 is 9.13 Å². The van der Waals surface area contributed by atoms with E-state index in [9.17, 15) is 4.39 Å². The fourth-order valence-corrected chi connectivity index (χ4v) is 2.31. The molecule has 106 valence electrons. The van der Waals surface area contributed by atoms with Gasteiger partial charge in [0.15, 0.2) is 0 Å². The minimum absolute atomic E-state index is 0.252. The average Bonchev–Trinajstić information content (AvgIpc) is 2.49. The van der Waals surface area contributed by atoms with Crippen LogP contribution in [0.15, 0.2) is 48.5 Å². The number of aryl methyl sites for hydroxylation is 1. The number of para-hydroxylation sites is 1. The smallest absolute Gasteiger partial charge is 0.145 e. The zero-order chi connectivity index (χ0) is 14.8. The van der Waals surface area contributed by atoms with Crippen LogP contribution in [0.25, 0.3) is 10.9 Å². The first-order chi connectivity index (χ1) is 10.2. The summed E-state index contributed by atoms with van der Waals surface area (Å²) in [6.07, 6.45) is 0. The van der Waals surface area contributed by atoms with E-state index in [4.69, 9.17) is 4.74 Å². The first-order valence-corrected chi connectivity index (χ1v) is 6.64. The minimum atomic E-state index is -0.252. The van der Waals surface area contributed by atoms with Crippen LogP contribution in [0.1, 0.15) is 5.69 Å². The fraction of sp³-hybridized carbons (Fsp3) is 0.118. The van der Waals surface area contributed by atoms with Gasteiger partial charge >= 0.3 is 0 Å². The monoisotopic (exact) mass is 282 g/mol. The molecule has 0 aliphatic rings. The molecule has 0 saturated carbocycles. The van der Waals surface area contributed by atoms with Crippen LogP contribution >= 0.6 is 0 Å². The van der Waals surface area contributed by atoms with Gasteiger partial charge in [-0.05, 0) is 43.3 Å². The Morgan fingerprint density at radius 1 is 1.10 bits per heavy atom. The molecule has 1 heterocycles. The third kappa shape index (κ3) is 2.65. The van der Waals surface area contributed by atoms with E-state index in [1.165, 1.54) is 12.1 Å². The lowest BCUT2D eigenvalue weighted by Crippen LogP contribution is -1.96. The third-order valence-electron chi connectivity index (χ3n) is 3.27. The predicted octanol–water partition coefficient (Wildman–Crippen LogP) is 4.43. The van der Waals surface area contributed by atoms with Gasteiger partial charge in [-0.1, -0.05) is 12.1 Å². The summed E-state index contributed by atoms with van der Waals surface area (Å²) in [6.45, 7) is 1.93. The quantitative estimate of drug-likeness (QED) is 0.771. The van der Waals surface area contributed by atoms with Gasteiger partial charge in [-0.25, -0.2) is 9.37 Å². The zero-order valence-electron chi connectivity index (χ0n) is 11.9. The molecule has 0 atom stereocenters. The van der Waals surface area contributed by atoms with E-state index in [0.717, 1.165) is 33.7 Å². The van der Waals surface area contributed by atoms with Crippen LogP contribution in [0, 0.1) is 12.7 Å². The fourth-order valence-electron chi connectivity index (χ4n) is 2.31. The van der Waals surface area contributed by atoms with Crippen molar-refractivity contribution in [3.63, 3.8) is 0 Å². The predicted molar refractivity (Wildman–Crippen MR) is 82.7 cm³/mol. The lowest BCUT2D eigenvalue weighted by molar-refractivity contribution is 0.419. The van der Waals surface area contributed by atoms with Gasteiger partial charge in [-0.2, -0.15) is 0 Å². The molecule has 0 radical (unpaired) electrons. The number of halogens is 1. The molecule has 0 aliphatic carbocycles. The number of nitrogens with zero attached hydrogens (tertiary/aromatic N) is 1. The number of fused-ring (bicyclic) bond motifs is 1. The standard InChI is InChI=1S/C17H15FN2O/c1-11-10-15(20-13-8-6-12(18)7-9-13)14-4-3-5-16(21-2)17(14)19-11/h3-10H,1-2H3,(H,19,20). The number of nitrogens with one attached hydrogen (secondary N) is 1. The highest BCUT2D eigenvalue weighted by Gasteiger charge is 2.08. The summed E-state index contributed by atoms with van der Waals surface area (Å²) >= 11 is 0. The maximum absolute atomic E-state index is 13.0. The highest BCUT2D eigenvalue weighted by molar-refractivity contribution is 5.96. The molecule has 0 fully saturated rings. The van der Waals surface area contributed by atoms with E-state index in [-0.39, 0.29) is 5.82 Å². The number of anilines is 2. The molecule has 2 aromatic carbocycles. The minimum Gasteiger partial charge on any atom is -0.494 e. The molecule has 0 aliphatic heterocycles. The maximum atomic E-state index is 13.0. The Morgan fingerprint density at radius 3 is 2.57 bits per heavy atom. The Hall–Kier alpha value is -2.62. The summed E-state index contributed by atoms with van der Waals surface area (Å²) in [5, 5.41) is 4.27. The first kappa shape index (κ1) is 13.4. The highest BCUT2D eigenvalue weighted by atomic mass is 19.1. The van der Waals surface area contributed by atoms with E-state index in [1.807, 2.05) is 31.2 Å². The van der Waals surface area contributed by atoms with E-state index in [1.54, 1.807) is 19.2 Å². The highest BCUT2D eigenvalue weighted by Crippen LogP contribution is 2.31. The number of ether oxygens (including phenoxy) is 1. The SMILES string of the molecule is COc1cccc2c(Nc3ccc(F)cc3)cc(C)nc12. The van der Waals surface area contributed by atoms with Crippen molar-refractivity contribution in [3.05, 3.63) is 60.0 Å². The molecule has 4 heteroatoms. The van der Waals surface area contributed by atoms with E-state index in [2.05, 4.69) is 10.3 Å². The van der Waals surface area contributed by atoms with Gasteiger partial charge in [0.05, 0.1) is 7.11 Å². The Balaban J connectivity index is 2.11. The van der Waals surface area contributed by atoms with Crippen LogP contribution in [-0.4, -0.2) is 12.1 Å². The van der Waals surface area contributed by atoms with Crippen molar-refractivity contribution in [2.24, 2.45) is 0 Å². The number of methoxy groups -OCH3 is 1. The molecule has 0 saturated heterocycles. The van der Waals surface area contributed by atoms with Gasteiger partial charge < -0.3 is 10.1 Å². The largest absolute Gasteiger partial charge is 0.494 e. The van der Waals surface area contributed by atoms with Crippen LogP contribution < -0.4 is 10.1 Å². The molecule has 21 heavy (non-hydrogen) atoms. The Labute approximate surface area is 122 Å². The van der Waals surface area contributed by atoms with Crippen molar-refractivity contribution in [2.45, 2.75) is 6.92 Å². The number of rotatable bonds is 3. The van der Waals surface area contributed by atoms with E-state index >= 15 is 0 Å². The van der Waals surface area contributed by atoms with Gasteiger partial charge in [0.25, 0.3) is 0 Å². The van der Waals surface area contributed by atoms with E-state index < -0.39 is 0 Å². The molecule has 3 rings (SSSR count). The van der Waals surface area contributed by atoms with Gasteiger partial charge in [0, 0.05) is 22.5 Å². The van der Waals surface area contributed by atoms with Gasteiger partial charge in [-0.15, -0.1) is 0 Å². The first-order valence-electron chi connectivity index (χ1n) is 6.64. The molecule has 0 bridgehead atoms. The topological polar surface area (TPSA) is 34.1 Å². The van der Waals surface area contributed by atoms with Gasteiger partial charge in [-0.3, -0.25) is 0 Å². The summed E-state index contributed by atoms with van der Waals surface area (Å²) in [5.74, 6) is 0.483. The molecule has 1 N–H and O–H groups in total. The normalized spacial score (nSPS) is 10.6. The molecule has 0 amide bonds. The molecule has 3 aromatic rings. The third-order valence-corrected chi connectivity index (χ3v) is 3.27. The van der Waals surface area contributed by atoms with Crippen LogP contribution in [0.3, 0.4) is 0 Å². The number of pyridine rings is 1. The second-order valence-electron chi connectivity index (χ2n) is 4.80. The van der Waals surface area contributed by atoms with Crippen LogP contribution in [-0.2, 0) is 0 Å². The van der Waals surface area contributed by atoms with Crippen LogP contribution in [0.2, 0.25) is 0 Å². The van der Waals surface area contributed by atoms with Crippen LogP contribution in [0.5, 0.6) is 5.75 Å². The van der Waals surface area contributed by atoms with E-state index in [0.29, 0.717) is 0 Å². The van der Waals surface area contributed by atoms with Crippen LogP contribution in [0.4, 0.5) is 15.8 Å². The van der Waals surface area contributed by atoms with Crippen molar-refractivity contribution in [1.82, 2.24) is 4.98 Å². The second kappa shape index (κ2) is 5.40. The van der Waals surface area contributed by atoms with Gasteiger partial charge in [0.2, 0.25) is 0 Å². The zero-order valence-corrected chi connectivity index (χ0v) is 11.9. The van der Waals surface area contributed by atoms with Crippen molar-refractivity contribution in [1.29, 1.82) is 0 Å². The Kier molecular flexibility index (Phi) is 3.44. The number of hydrogen-bond donors (Lipinski definition) is 1. The number of benzene rings is 2. The summed E-state index contributed by atoms with van der Waals surface area (Å²) in [7, 11) is 1.63. The summed E-state index contributed by atoms with van der Waals surface area (Å²) in [6, 6.07) is 14.0. The maximum Gasteiger partial charge on any atom is 0.145 e. The second-order valence-corrected chi connectivity index (χ2v) is 4.80. The molecular weight excluding hydrogens is 267 g/mol. The van der Waals surface area contributed by atoms with Crippen molar-refractivity contribution in [2.75, 3.05) is 12.4 Å². The van der Waals surface area contributed by atoms with Crippen molar-refractivity contribution >= 4 is 22.3 Å². The van der Waals surface area contributed by atoms with Gasteiger partial charge in [0.1, 0.15) is 17.1 Å². The average molecular weight is 282 g/mol. The molecule has 3 nitrogen and oxygen atoms in total. The molecule has 0 unspecified atom stereocenters. The summed E-state index contributed by atoms with van der Waals surface area (Å²) < 4.78 is 18.4. The lowest BCUT2D eigenvalue weighted by Gasteiger charge is -2.12. The number of hydrogen-bond acceptors (Lipinski definition) is 3. The molecule has 0 spiro atoms. The molecular formula is C17H15FN2O. The molecule has 1 aromatic heterocycles. The Bertz CT molecular complexity index is 785. The Morgan fingerprint density at radius 2 is 1.86 bits per heavy atom.